The topological polar surface area (TPSA) is 29.1 Å². The van der Waals surface area contributed by atoms with Crippen LogP contribution in [0, 0.1) is 0 Å². The predicted octanol–water partition coefficient (Wildman–Crippen LogP) is 3.56. The van der Waals surface area contributed by atoms with Gasteiger partial charge in [-0.3, -0.25) is 4.79 Å². The molecule has 2 heteroatoms. The molecule has 0 aromatic heterocycles. The van der Waals surface area contributed by atoms with Crippen LogP contribution in [0.5, 0.6) is 0 Å². The van der Waals surface area contributed by atoms with Crippen molar-refractivity contribution < 1.29 is 4.79 Å². The molecule has 0 heterocycles. The molecule has 1 rings (SSSR count). The monoisotopic (exact) mass is 243 g/mol. The molecule has 0 atom stereocenters. The van der Waals surface area contributed by atoms with Gasteiger partial charge in [-0.25, -0.2) is 0 Å². The van der Waals surface area contributed by atoms with Gasteiger partial charge in [0, 0.05) is 13.5 Å². The van der Waals surface area contributed by atoms with Gasteiger partial charge in [0.25, 0.3) is 0 Å². The smallest absolute Gasteiger partial charge is 0.216 e. The molecule has 1 aromatic carbocycles. The minimum Gasteiger partial charge on any atom is -0.356 e. The highest BCUT2D eigenvalue weighted by molar-refractivity contribution is 5.72. The molecule has 0 aliphatic carbocycles. The molecule has 0 saturated carbocycles. The minimum absolute atomic E-state index is 0.0396. The molecular weight excluding hydrogens is 222 g/mol. The van der Waals surface area contributed by atoms with Crippen LogP contribution >= 0.6 is 0 Å². The standard InChI is InChI=1S/C16H21NO/c1-14(8-6-7-13-17-15(2)18)11-12-16-9-4-3-5-10-16/h3-5,9-12H,1,6-8,13H2,2H3,(H,17,18)/b12-11-. The normalized spacial score (nSPS) is 10.5. The fourth-order valence-electron chi connectivity index (χ4n) is 1.60. The fourth-order valence-corrected chi connectivity index (χ4v) is 1.60. The summed E-state index contributed by atoms with van der Waals surface area (Å²) < 4.78 is 0. The average molecular weight is 243 g/mol. The lowest BCUT2D eigenvalue weighted by molar-refractivity contribution is -0.118. The molecule has 0 unspecified atom stereocenters. The van der Waals surface area contributed by atoms with Crippen LogP contribution in [0.1, 0.15) is 31.7 Å². The Labute approximate surface area is 109 Å². The molecule has 0 fully saturated rings. The first-order valence-electron chi connectivity index (χ1n) is 6.34. The van der Waals surface area contributed by atoms with Gasteiger partial charge in [0.1, 0.15) is 0 Å². The van der Waals surface area contributed by atoms with Crippen LogP contribution in [-0.2, 0) is 4.79 Å². The second-order valence-electron chi connectivity index (χ2n) is 4.34. The van der Waals surface area contributed by atoms with Gasteiger partial charge in [-0.1, -0.05) is 54.6 Å². The Bertz CT molecular complexity index is 406. The van der Waals surface area contributed by atoms with E-state index in [9.17, 15) is 4.79 Å². The maximum absolute atomic E-state index is 10.7. The highest BCUT2D eigenvalue weighted by Crippen LogP contribution is 2.09. The first-order valence-corrected chi connectivity index (χ1v) is 6.34. The van der Waals surface area contributed by atoms with Crippen LogP contribution in [0.15, 0.2) is 48.6 Å². The van der Waals surface area contributed by atoms with Crippen molar-refractivity contribution in [2.24, 2.45) is 0 Å². The van der Waals surface area contributed by atoms with E-state index in [0.29, 0.717) is 0 Å². The van der Waals surface area contributed by atoms with Crippen molar-refractivity contribution in [2.75, 3.05) is 6.54 Å². The van der Waals surface area contributed by atoms with E-state index in [1.807, 2.05) is 18.2 Å². The summed E-state index contributed by atoms with van der Waals surface area (Å²) in [5.41, 5.74) is 2.32. The summed E-state index contributed by atoms with van der Waals surface area (Å²) in [5.74, 6) is 0.0396. The van der Waals surface area contributed by atoms with Crippen molar-refractivity contribution >= 4 is 12.0 Å². The van der Waals surface area contributed by atoms with E-state index in [2.05, 4.69) is 36.2 Å². The van der Waals surface area contributed by atoms with Crippen molar-refractivity contribution in [1.82, 2.24) is 5.32 Å². The molecule has 0 aliphatic rings. The lowest BCUT2D eigenvalue weighted by Gasteiger charge is -2.02. The Morgan fingerprint density at radius 3 is 2.67 bits per heavy atom. The maximum atomic E-state index is 10.7. The van der Waals surface area contributed by atoms with E-state index >= 15 is 0 Å². The largest absolute Gasteiger partial charge is 0.356 e. The van der Waals surface area contributed by atoms with Gasteiger partial charge in [-0.15, -0.1) is 0 Å². The van der Waals surface area contributed by atoms with Crippen molar-refractivity contribution in [3.05, 3.63) is 54.1 Å². The highest BCUT2D eigenvalue weighted by atomic mass is 16.1. The molecule has 2 nitrogen and oxygen atoms in total. The summed E-state index contributed by atoms with van der Waals surface area (Å²) >= 11 is 0. The second kappa shape index (κ2) is 8.29. The molecule has 0 aliphatic heterocycles. The van der Waals surface area contributed by atoms with Gasteiger partial charge in [0.05, 0.1) is 0 Å². The number of hydrogen-bond donors (Lipinski definition) is 1. The number of amides is 1. The molecule has 0 spiro atoms. The van der Waals surface area contributed by atoms with Crippen LogP contribution in [0.3, 0.4) is 0 Å². The third-order valence-corrected chi connectivity index (χ3v) is 2.61. The summed E-state index contributed by atoms with van der Waals surface area (Å²) in [6.07, 6.45) is 7.17. The molecule has 1 N–H and O–H groups in total. The number of hydrogen-bond acceptors (Lipinski definition) is 1. The van der Waals surface area contributed by atoms with E-state index in [1.165, 1.54) is 5.56 Å². The first-order chi connectivity index (χ1) is 8.68. The van der Waals surface area contributed by atoms with Crippen LogP contribution in [-0.4, -0.2) is 12.5 Å². The van der Waals surface area contributed by atoms with Crippen LogP contribution < -0.4 is 5.32 Å². The van der Waals surface area contributed by atoms with Crippen molar-refractivity contribution in [2.45, 2.75) is 26.2 Å². The molecule has 0 saturated heterocycles. The zero-order valence-electron chi connectivity index (χ0n) is 11.0. The molecule has 96 valence electrons. The Kier molecular flexibility index (Phi) is 6.55. The summed E-state index contributed by atoms with van der Waals surface area (Å²) in [4.78, 5) is 10.7. The average Bonchev–Trinajstić information content (AvgIpc) is 2.37. The third-order valence-electron chi connectivity index (χ3n) is 2.61. The summed E-state index contributed by atoms with van der Waals surface area (Å²) in [5, 5.41) is 2.79. The minimum atomic E-state index is 0.0396. The number of nitrogens with one attached hydrogen (secondary N) is 1. The number of unbranched alkanes of at least 4 members (excludes halogenated alkanes) is 1. The zero-order valence-corrected chi connectivity index (χ0v) is 11.0. The molecule has 0 radical (unpaired) electrons. The number of rotatable bonds is 7. The van der Waals surface area contributed by atoms with E-state index < -0.39 is 0 Å². The van der Waals surface area contributed by atoms with Gasteiger partial charge in [-0.05, 0) is 24.8 Å². The quantitative estimate of drug-likeness (QED) is 0.576. The van der Waals surface area contributed by atoms with Gasteiger partial charge in [-0.2, -0.15) is 0 Å². The number of carbonyl (C=O) groups excluding carboxylic acids is 1. The molecule has 1 aromatic rings. The molecular formula is C16H21NO. The van der Waals surface area contributed by atoms with E-state index in [-0.39, 0.29) is 5.91 Å². The Balaban J connectivity index is 2.18. The van der Waals surface area contributed by atoms with Gasteiger partial charge < -0.3 is 5.32 Å². The Hall–Kier alpha value is -1.83. The van der Waals surface area contributed by atoms with Crippen molar-refractivity contribution in [3.8, 4) is 0 Å². The number of allylic oxidation sites excluding steroid dienone is 2. The number of benzene rings is 1. The van der Waals surface area contributed by atoms with Crippen LogP contribution in [0.2, 0.25) is 0 Å². The fraction of sp³-hybridized carbons (Fsp3) is 0.312. The Morgan fingerprint density at radius 2 is 2.00 bits per heavy atom. The third kappa shape index (κ3) is 6.69. The SMILES string of the molecule is C=C(/C=C\c1ccccc1)CCCCNC(C)=O. The molecule has 1 amide bonds. The lowest BCUT2D eigenvalue weighted by atomic mass is 10.1. The summed E-state index contributed by atoms with van der Waals surface area (Å²) in [6, 6.07) is 10.2. The lowest BCUT2D eigenvalue weighted by Crippen LogP contribution is -2.20. The van der Waals surface area contributed by atoms with E-state index in [0.717, 1.165) is 31.4 Å². The van der Waals surface area contributed by atoms with E-state index in [1.54, 1.807) is 6.92 Å². The molecule has 18 heavy (non-hydrogen) atoms. The summed E-state index contributed by atoms with van der Waals surface area (Å²) in [7, 11) is 0. The number of carbonyl (C=O) groups is 1. The zero-order chi connectivity index (χ0) is 13.2. The second-order valence-corrected chi connectivity index (χ2v) is 4.34. The van der Waals surface area contributed by atoms with E-state index in [4.69, 9.17) is 0 Å². The van der Waals surface area contributed by atoms with Gasteiger partial charge in [0.15, 0.2) is 0 Å². The van der Waals surface area contributed by atoms with Crippen LogP contribution in [0.4, 0.5) is 0 Å². The van der Waals surface area contributed by atoms with Crippen LogP contribution in [0.25, 0.3) is 6.08 Å². The van der Waals surface area contributed by atoms with Crippen molar-refractivity contribution in [1.29, 1.82) is 0 Å². The van der Waals surface area contributed by atoms with Crippen molar-refractivity contribution in [3.63, 3.8) is 0 Å². The maximum Gasteiger partial charge on any atom is 0.216 e. The van der Waals surface area contributed by atoms with Gasteiger partial charge in [0.2, 0.25) is 5.91 Å². The summed E-state index contributed by atoms with van der Waals surface area (Å²) in [6.45, 7) is 6.33. The van der Waals surface area contributed by atoms with Gasteiger partial charge >= 0.3 is 0 Å². The predicted molar refractivity (Wildman–Crippen MR) is 77.2 cm³/mol. The first kappa shape index (κ1) is 14.2. The Morgan fingerprint density at radius 1 is 1.28 bits per heavy atom. The molecule has 0 bridgehead atoms. The highest BCUT2D eigenvalue weighted by Gasteiger charge is 1.93.